The van der Waals surface area contributed by atoms with E-state index in [4.69, 9.17) is 10.5 Å². The molecule has 0 fully saturated rings. The smallest absolute Gasteiger partial charge is 0.143 e. The number of anilines is 1. The van der Waals surface area contributed by atoms with E-state index < -0.39 is 0 Å². The predicted molar refractivity (Wildman–Crippen MR) is 86.7 cm³/mol. The quantitative estimate of drug-likeness (QED) is 0.791. The summed E-state index contributed by atoms with van der Waals surface area (Å²) in [5.41, 5.74) is 8.22. The van der Waals surface area contributed by atoms with Gasteiger partial charge in [0, 0.05) is 9.79 Å². The molecule has 0 aliphatic heterocycles. The van der Waals surface area contributed by atoms with Crippen LogP contribution in [0.3, 0.4) is 0 Å². The molecule has 2 aromatic rings. The van der Waals surface area contributed by atoms with Crippen molar-refractivity contribution in [1.29, 1.82) is 0 Å². The van der Waals surface area contributed by atoms with Gasteiger partial charge in [0.15, 0.2) is 0 Å². The second kappa shape index (κ2) is 6.71. The van der Waals surface area contributed by atoms with Crippen molar-refractivity contribution in [3.05, 3.63) is 48.0 Å². The third-order valence-electron chi connectivity index (χ3n) is 3.10. The average Bonchev–Trinajstić information content (AvgIpc) is 2.44. The Bertz CT molecular complexity index is 564. The Morgan fingerprint density at radius 3 is 2.40 bits per heavy atom. The summed E-state index contributed by atoms with van der Waals surface area (Å²) in [6, 6.07) is 14.6. The van der Waals surface area contributed by atoms with E-state index in [9.17, 15) is 0 Å². The molecule has 2 N–H and O–H groups in total. The third-order valence-corrected chi connectivity index (χ3v) is 4.18. The predicted octanol–water partition coefficient (Wildman–Crippen LogP) is 4.94. The van der Waals surface area contributed by atoms with Gasteiger partial charge < -0.3 is 10.5 Å². The standard InChI is InChI=1S/C17H21NOS/c1-4-19-15-6-5-7-16(17(15)18)20-14-10-8-13(9-11-14)12(2)3/h5-12H,4,18H2,1-3H3. The van der Waals surface area contributed by atoms with Crippen LogP contribution < -0.4 is 10.5 Å². The maximum absolute atomic E-state index is 6.15. The highest BCUT2D eigenvalue weighted by atomic mass is 32.2. The van der Waals surface area contributed by atoms with E-state index in [1.807, 2.05) is 25.1 Å². The van der Waals surface area contributed by atoms with Crippen LogP contribution in [0.15, 0.2) is 52.3 Å². The molecule has 0 spiro atoms. The van der Waals surface area contributed by atoms with Crippen LogP contribution in [0.25, 0.3) is 0 Å². The molecule has 0 unspecified atom stereocenters. The SMILES string of the molecule is CCOc1cccc(Sc2ccc(C(C)C)cc2)c1N. The van der Waals surface area contributed by atoms with Gasteiger partial charge >= 0.3 is 0 Å². The number of nitrogens with two attached hydrogens (primary N) is 1. The van der Waals surface area contributed by atoms with Gasteiger partial charge in [0.2, 0.25) is 0 Å². The van der Waals surface area contributed by atoms with Crippen LogP contribution in [0.5, 0.6) is 5.75 Å². The molecule has 0 saturated carbocycles. The average molecular weight is 287 g/mol. The van der Waals surface area contributed by atoms with Gasteiger partial charge in [-0.3, -0.25) is 0 Å². The highest BCUT2D eigenvalue weighted by Gasteiger charge is 2.07. The van der Waals surface area contributed by atoms with Crippen molar-refractivity contribution < 1.29 is 4.74 Å². The van der Waals surface area contributed by atoms with Gasteiger partial charge in [0.25, 0.3) is 0 Å². The number of para-hydroxylation sites is 1. The van der Waals surface area contributed by atoms with Crippen molar-refractivity contribution in [3.63, 3.8) is 0 Å². The fourth-order valence-electron chi connectivity index (χ4n) is 1.94. The minimum atomic E-state index is 0.556. The molecule has 0 radical (unpaired) electrons. The lowest BCUT2D eigenvalue weighted by Gasteiger charge is -2.11. The monoisotopic (exact) mass is 287 g/mol. The second-order valence-electron chi connectivity index (χ2n) is 4.93. The number of nitrogen functional groups attached to an aromatic ring is 1. The number of hydrogen-bond acceptors (Lipinski definition) is 3. The van der Waals surface area contributed by atoms with Crippen LogP contribution in [-0.4, -0.2) is 6.61 Å². The Kier molecular flexibility index (Phi) is 4.96. The fourth-order valence-corrected chi connectivity index (χ4v) is 2.83. The lowest BCUT2D eigenvalue weighted by Crippen LogP contribution is -1.97. The van der Waals surface area contributed by atoms with Crippen molar-refractivity contribution >= 4 is 17.4 Å². The van der Waals surface area contributed by atoms with Crippen molar-refractivity contribution in [1.82, 2.24) is 0 Å². The van der Waals surface area contributed by atoms with Crippen molar-refractivity contribution in [2.75, 3.05) is 12.3 Å². The first-order chi connectivity index (χ1) is 9.61. The zero-order valence-corrected chi connectivity index (χ0v) is 13.0. The van der Waals surface area contributed by atoms with Gasteiger partial charge in [0.05, 0.1) is 12.3 Å². The Morgan fingerprint density at radius 2 is 1.80 bits per heavy atom. The van der Waals surface area contributed by atoms with Gasteiger partial charge in [-0.1, -0.05) is 43.8 Å². The molecule has 0 aromatic heterocycles. The normalized spacial score (nSPS) is 10.8. The van der Waals surface area contributed by atoms with E-state index in [0.29, 0.717) is 18.2 Å². The van der Waals surface area contributed by atoms with E-state index in [1.54, 1.807) is 11.8 Å². The van der Waals surface area contributed by atoms with Crippen molar-refractivity contribution in [2.24, 2.45) is 0 Å². The molecule has 2 rings (SSSR count). The summed E-state index contributed by atoms with van der Waals surface area (Å²) >= 11 is 1.67. The number of rotatable bonds is 5. The number of hydrogen-bond donors (Lipinski definition) is 1. The molecule has 20 heavy (non-hydrogen) atoms. The van der Waals surface area contributed by atoms with E-state index in [0.717, 1.165) is 10.6 Å². The zero-order valence-electron chi connectivity index (χ0n) is 12.2. The summed E-state index contributed by atoms with van der Waals surface area (Å²) in [6.45, 7) is 6.99. The first-order valence-corrected chi connectivity index (χ1v) is 7.72. The van der Waals surface area contributed by atoms with Crippen molar-refractivity contribution in [2.45, 2.75) is 36.5 Å². The molecular weight excluding hydrogens is 266 g/mol. The Balaban J connectivity index is 2.19. The van der Waals surface area contributed by atoms with Crippen LogP contribution in [-0.2, 0) is 0 Å². The molecular formula is C17H21NOS. The topological polar surface area (TPSA) is 35.2 Å². The lowest BCUT2D eigenvalue weighted by molar-refractivity contribution is 0.341. The summed E-state index contributed by atoms with van der Waals surface area (Å²) in [5.74, 6) is 1.32. The maximum atomic E-state index is 6.15. The fraction of sp³-hybridized carbons (Fsp3) is 0.294. The Labute approximate surface area is 125 Å². The van der Waals surface area contributed by atoms with E-state index >= 15 is 0 Å². The van der Waals surface area contributed by atoms with Crippen LogP contribution in [0.4, 0.5) is 5.69 Å². The molecule has 106 valence electrons. The highest BCUT2D eigenvalue weighted by molar-refractivity contribution is 7.99. The highest BCUT2D eigenvalue weighted by Crippen LogP contribution is 2.37. The lowest BCUT2D eigenvalue weighted by atomic mass is 10.0. The number of benzene rings is 2. The van der Waals surface area contributed by atoms with Gasteiger partial charge in [-0.25, -0.2) is 0 Å². The summed E-state index contributed by atoms with van der Waals surface area (Å²) in [7, 11) is 0. The minimum absolute atomic E-state index is 0.556. The van der Waals surface area contributed by atoms with Crippen LogP contribution in [0, 0.1) is 0 Å². The molecule has 0 atom stereocenters. The molecule has 3 heteroatoms. The van der Waals surface area contributed by atoms with Crippen LogP contribution in [0.1, 0.15) is 32.3 Å². The molecule has 0 bridgehead atoms. The maximum Gasteiger partial charge on any atom is 0.143 e. The number of ether oxygens (including phenoxy) is 1. The van der Waals surface area contributed by atoms with Gasteiger partial charge in [-0.05, 0) is 42.7 Å². The first kappa shape index (κ1) is 14.8. The van der Waals surface area contributed by atoms with Gasteiger partial charge in [-0.15, -0.1) is 0 Å². The van der Waals surface area contributed by atoms with Crippen LogP contribution >= 0.6 is 11.8 Å². The largest absolute Gasteiger partial charge is 0.492 e. The van der Waals surface area contributed by atoms with Crippen LogP contribution in [0.2, 0.25) is 0 Å². The summed E-state index contributed by atoms with van der Waals surface area (Å²) in [6.07, 6.45) is 0. The molecule has 0 saturated heterocycles. The summed E-state index contributed by atoms with van der Waals surface area (Å²) in [4.78, 5) is 2.22. The van der Waals surface area contributed by atoms with E-state index in [2.05, 4.69) is 38.1 Å². The summed E-state index contributed by atoms with van der Waals surface area (Å²) in [5, 5.41) is 0. The molecule has 0 amide bonds. The molecule has 0 aliphatic carbocycles. The van der Waals surface area contributed by atoms with Crippen molar-refractivity contribution in [3.8, 4) is 5.75 Å². The zero-order chi connectivity index (χ0) is 14.5. The Hall–Kier alpha value is -1.61. The van der Waals surface area contributed by atoms with E-state index in [1.165, 1.54) is 10.5 Å². The second-order valence-corrected chi connectivity index (χ2v) is 6.04. The van der Waals surface area contributed by atoms with Gasteiger partial charge in [-0.2, -0.15) is 0 Å². The minimum Gasteiger partial charge on any atom is -0.492 e. The third kappa shape index (κ3) is 3.48. The Morgan fingerprint density at radius 1 is 1.10 bits per heavy atom. The molecule has 2 nitrogen and oxygen atoms in total. The molecule has 0 aliphatic rings. The summed E-state index contributed by atoms with van der Waals surface area (Å²) < 4.78 is 5.53. The molecule has 2 aromatic carbocycles. The van der Waals surface area contributed by atoms with Gasteiger partial charge in [0.1, 0.15) is 5.75 Å². The first-order valence-electron chi connectivity index (χ1n) is 6.91. The molecule has 0 heterocycles. The van der Waals surface area contributed by atoms with E-state index in [-0.39, 0.29) is 0 Å².